The molecule has 23 heavy (non-hydrogen) atoms. The quantitative estimate of drug-likeness (QED) is 0.890. The number of benzene rings is 1. The summed E-state index contributed by atoms with van der Waals surface area (Å²) in [6.45, 7) is 5.02. The summed E-state index contributed by atoms with van der Waals surface area (Å²) in [7, 11) is -3.34. The number of fused-ring (bicyclic) bond motifs is 1. The predicted octanol–water partition coefficient (Wildman–Crippen LogP) is 0.844. The first kappa shape index (κ1) is 15.6. The summed E-state index contributed by atoms with van der Waals surface area (Å²) in [5, 5.41) is 3.39. The Balaban J connectivity index is 1.47. The molecule has 1 atom stereocenters. The van der Waals surface area contributed by atoms with Crippen LogP contribution in [0.3, 0.4) is 0 Å². The van der Waals surface area contributed by atoms with E-state index in [-0.39, 0.29) is 0 Å². The van der Waals surface area contributed by atoms with Crippen molar-refractivity contribution < 1.29 is 8.42 Å². The van der Waals surface area contributed by atoms with Crippen LogP contribution < -0.4 is 5.32 Å². The fourth-order valence-corrected chi connectivity index (χ4v) is 5.59. The molecular weight excluding hydrogens is 310 g/mol. The zero-order valence-corrected chi connectivity index (χ0v) is 14.3. The maximum Gasteiger partial charge on any atom is 0.243 e. The molecule has 0 aromatic heterocycles. The molecule has 126 valence electrons. The standard InChI is InChI=1S/C17H25N3O2S/c21-23(22,17-5-4-14-2-1-3-15(14)12-17)20-10-8-19(9-11-20)16-6-7-18-13-16/h4-5,12,16,18H,1-3,6-11,13H2. The Labute approximate surface area is 138 Å². The van der Waals surface area contributed by atoms with Crippen LogP contribution in [0.1, 0.15) is 24.0 Å². The van der Waals surface area contributed by atoms with Gasteiger partial charge in [0.05, 0.1) is 4.90 Å². The molecule has 0 saturated carbocycles. The summed E-state index contributed by atoms with van der Waals surface area (Å²) in [5.41, 5.74) is 2.55. The third-order valence-electron chi connectivity index (χ3n) is 5.53. The lowest BCUT2D eigenvalue weighted by molar-refractivity contribution is 0.145. The molecule has 1 N–H and O–H groups in total. The minimum Gasteiger partial charge on any atom is -0.315 e. The maximum atomic E-state index is 12.9. The van der Waals surface area contributed by atoms with Crippen molar-refractivity contribution in [2.75, 3.05) is 39.3 Å². The van der Waals surface area contributed by atoms with Gasteiger partial charge < -0.3 is 5.32 Å². The minimum absolute atomic E-state index is 0.481. The number of aryl methyl sites for hydroxylation is 2. The number of nitrogens with zero attached hydrogens (tertiary/aromatic N) is 2. The highest BCUT2D eigenvalue weighted by atomic mass is 32.2. The molecule has 0 radical (unpaired) electrons. The van der Waals surface area contributed by atoms with Crippen LogP contribution >= 0.6 is 0 Å². The van der Waals surface area contributed by atoms with E-state index in [4.69, 9.17) is 0 Å². The summed E-state index contributed by atoms with van der Waals surface area (Å²) >= 11 is 0. The van der Waals surface area contributed by atoms with Gasteiger partial charge in [-0.05, 0) is 55.5 Å². The summed E-state index contributed by atoms with van der Waals surface area (Å²) < 4.78 is 27.5. The summed E-state index contributed by atoms with van der Waals surface area (Å²) in [4.78, 5) is 2.92. The van der Waals surface area contributed by atoms with Crippen LogP contribution in [0.15, 0.2) is 23.1 Å². The Morgan fingerprint density at radius 1 is 1.04 bits per heavy atom. The Kier molecular flexibility index (Phi) is 4.17. The van der Waals surface area contributed by atoms with Crippen LogP contribution in [-0.2, 0) is 22.9 Å². The van der Waals surface area contributed by atoms with Crippen LogP contribution in [0.5, 0.6) is 0 Å². The largest absolute Gasteiger partial charge is 0.315 e. The highest BCUT2D eigenvalue weighted by Gasteiger charge is 2.32. The average molecular weight is 335 g/mol. The highest BCUT2D eigenvalue weighted by molar-refractivity contribution is 7.89. The molecule has 3 aliphatic rings. The first-order valence-electron chi connectivity index (χ1n) is 8.71. The second-order valence-electron chi connectivity index (χ2n) is 6.87. The zero-order chi connectivity index (χ0) is 15.9. The molecule has 1 aliphatic carbocycles. The number of hydrogen-bond donors (Lipinski definition) is 1. The lowest BCUT2D eigenvalue weighted by atomic mass is 10.1. The Morgan fingerprint density at radius 2 is 1.83 bits per heavy atom. The molecule has 1 unspecified atom stereocenters. The Hall–Kier alpha value is -0.950. The van der Waals surface area contributed by atoms with Gasteiger partial charge in [0.15, 0.2) is 0 Å². The van der Waals surface area contributed by atoms with E-state index in [9.17, 15) is 8.42 Å². The van der Waals surface area contributed by atoms with Crippen molar-refractivity contribution in [2.24, 2.45) is 0 Å². The third kappa shape index (κ3) is 2.93. The van der Waals surface area contributed by atoms with E-state index in [0.29, 0.717) is 24.0 Å². The van der Waals surface area contributed by atoms with Crippen molar-refractivity contribution in [2.45, 2.75) is 36.6 Å². The van der Waals surface area contributed by atoms with Crippen molar-refractivity contribution >= 4 is 10.0 Å². The molecule has 0 spiro atoms. The lowest BCUT2D eigenvalue weighted by Gasteiger charge is -2.37. The van der Waals surface area contributed by atoms with Gasteiger partial charge in [0.2, 0.25) is 10.0 Å². The molecule has 5 nitrogen and oxygen atoms in total. The van der Waals surface area contributed by atoms with Gasteiger partial charge in [0.25, 0.3) is 0 Å². The second-order valence-corrected chi connectivity index (χ2v) is 8.81. The molecule has 2 saturated heterocycles. The fraction of sp³-hybridized carbons (Fsp3) is 0.647. The van der Waals surface area contributed by atoms with Crippen molar-refractivity contribution in [3.05, 3.63) is 29.3 Å². The van der Waals surface area contributed by atoms with Gasteiger partial charge in [-0.1, -0.05) is 6.07 Å². The highest BCUT2D eigenvalue weighted by Crippen LogP contribution is 2.27. The molecule has 6 heteroatoms. The summed E-state index contributed by atoms with van der Waals surface area (Å²) in [6, 6.07) is 6.30. The van der Waals surface area contributed by atoms with Crippen molar-refractivity contribution in [3.8, 4) is 0 Å². The van der Waals surface area contributed by atoms with Gasteiger partial charge in [-0.15, -0.1) is 0 Å². The maximum absolute atomic E-state index is 12.9. The van der Waals surface area contributed by atoms with Gasteiger partial charge in [0, 0.05) is 38.8 Å². The van der Waals surface area contributed by atoms with Crippen LogP contribution in [0.25, 0.3) is 0 Å². The van der Waals surface area contributed by atoms with E-state index < -0.39 is 10.0 Å². The van der Waals surface area contributed by atoms with Crippen LogP contribution in [0.4, 0.5) is 0 Å². The molecule has 0 bridgehead atoms. The average Bonchev–Trinajstić information content (AvgIpc) is 3.25. The Morgan fingerprint density at radius 3 is 2.57 bits per heavy atom. The molecular formula is C17H25N3O2S. The van der Waals surface area contributed by atoms with Gasteiger partial charge >= 0.3 is 0 Å². The minimum atomic E-state index is -3.34. The second kappa shape index (κ2) is 6.16. The summed E-state index contributed by atoms with van der Waals surface area (Å²) in [5.74, 6) is 0. The molecule has 2 fully saturated rings. The van der Waals surface area contributed by atoms with Gasteiger partial charge in [0.1, 0.15) is 0 Å². The first-order chi connectivity index (χ1) is 11.1. The Bertz CT molecular complexity index is 675. The van der Waals surface area contributed by atoms with Gasteiger partial charge in [-0.2, -0.15) is 4.31 Å². The van der Waals surface area contributed by atoms with E-state index in [1.54, 1.807) is 10.4 Å². The third-order valence-corrected chi connectivity index (χ3v) is 7.43. The normalized spacial score (nSPS) is 26.5. The number of nitrogens with one attached hydrogen (secondary N) is 1. The molecule has 1 aromatic rings. The van der Waals surface area contributed by atoms with Crippen LogP contribution in [-0.4, -0.2) is 62.9 Å². The van der Waals surface area contributed by atoms with Crippen molar-refractivity contribution in [1.29, 1.82) is 0 Å². The molecule has 0 amide bonds. The molecule has 1 aromatic carbocycles. The van der Waals surface area contributed by atoms with Crippen LogP contribution in [0, 0.1) is 0 Å². The number of sulfonamides is 1. The van der Waals surface area contributed by atoms with E-state index >= 15 is 0 Å². The van der Waals surface area contributed by atoms with Gasteiger partial charge in [-0.3, -0.25) is 4.90 Å². The van der Waals surface area contributed by atoms with E-state index in [2.05, 4.69) is 10.2 Å². The molecule has 2 aliphatic heterocycles. The monoisotopic (exact) mass is 335 g/mol. The zero-order valence-electron chi connectivity index (χ0n) is 13.5. The van der Waals surface area contributed by atoms with Gasteiger partial charge in [-0.25, -0.2) is 8.42 Å². The molecule has 4 rings (SSSR count). The summed E-state index contributed by atoms with van der Waals surface area (Å²) in [6.07, 6.45) is 4.43. The number of piperazine rings is 1. The smallest absolute Gasteiger partial charge is 0.243 e. The lowest BCUT2D eigenvalue weighted by Crippen LogP contribution is -2.52. The number of hydrogen-bond acceptors (Lipinski definition) is 4. The van der Waals surface area contributed by atoms with Crippen LogP contribution in [0.2, 0.25) is 0 Å². The fourth-order valence-electron chi connectivity index (χ4n) is 4.12. The predicted molar refractivity (Wildman–Crippen MR) is 90.1 cm³/mol. The molecule has 2 heterocycles. The van der Waals surface area contributed by atoms with E-state index in [1.807, 2.05) is 12.1 Å². The topological polar surface area (TPSA) is 52.7 Å². The van der Waals surface area contributed by atoms with Crippen molar-refractivity contribution in [3.63, 3.8) is 0 Å². The SMILES string of the molecule is O=S(=O)(c1ccc2c(c1)CCC2)N1CCN(C2CCNC2)CC1. The number of rotatable bonds is 3. The van der Waals surface area contributed by atoms with Crippen molar-refractivity contribution in [1.82, 2.24) is 14.5 Å². The first-order valence-corrected chi connectivity index (χ1v) is 10.2. The van der Waals surface area contributed by atoms with E-state index in [0.717, 1.165) is 45.4 Å². The van der Waals surface area contributed by atoms with E-state index in [1.165, 1.54) is 17.5 Å².